The van der Waals surface area contributed by atoms with Gasteiger partial charge in [-0.25, -0.2) is 32.0 Å². The fourth-order valence-electron chi connectivity index (χ4n) is 3.10. The van der Waals surface area contributed by atoms with Crippen LogP contribution in [0.25, 0.3) is 11.3 Å². The zero-order valence-electron chi connectivity index (χ0n) is 18.7. The monoisotopic (exact) mass is 567 g/mol. The normalized spacial score (nSPS) is 11.8. The highest BCUT2D eigenvalue weighted by atomic mass is 35.5. The van der Waals surface area contributed by atoms with Crippen LogP contribution in [0.2, 0.25) is 5.02 Å². The van der Waals surface area contributed by atoms with E-state index in [-0.39, 0.29) is 22.2 Å². The maximum absolute atomic E-state index is 14.6. The second-order valence-electron chi connectivity index (χ2n) is 7.12. The molecule has 198 valence electrons. The number of hydrogen-bond acceptors (Lipinski definition) is 8. The van der Waals surface area contributed by atoms with Crippen LogP contribution in [0, 0.1) is 11.6 Å². The number of hydrogen-bond donors (Lipinski definition) is 2. The number of nitrogens with zero attached hydrogens (tertiary/aromatic N) is 2. The number of carbonyl (C=O) groups excluding carboxylic acids is 1. The molecule has 0 aliphatic carbocycles. The van der Waals surface area contributed by atoms with E-state index in [9.17, 15) is 40.3 Å². The van der Waals surface area contributed by atoms with E-state index in [0.717, 1.165) is 26.4 Å². The highest BCUT2D eigenvalue weighted by molar-refractivity contribution is 7.92. The molecule has 0 radical (unpaired) electrons. The molecule has 0 bridgehead atoms. The van der Waals surface area contributed by atoms with Gasteiger partial charge in [0.05, 0.1) is 42.8 Å². The van der Waals surface area contributed by atoms with Gasteiger partial charge in [0.25, 0.3) is 10.0 Å². The second kappa shape index (κ2) is 10.4. The van der Waals surface area contributed by atoms with Crippen molar-refractivity contribution >= 4 is 33.3 Å². The summed E-state index contributed by atoms with van der Waals surface area (Å²) in [7, 11) is -2.72. The molecule has 0 unspecified atom stereocenters. The van der Waals surface area contributed by atoms with Crippen LogP contribution in [0.4, 0.5) is 27.6 Å². The summed E-state index contributed by atoms with van der Waals surface area (Å²) in [5.41, 5.74) is -3.09. The van der Waals surface area contributed by atoms with E-state index in [2.05, 4.69) is 14.7 Å². The molecule has 16 heteroatoms. The lowest BCUT2D eigenvalue weighted by Gasteiger charge is -2.16. The highest BCUT2D eigenvalue weighted by Gasteiger charge is 2.36. The van der Waals surface area contributed by atoms with E-state index in [4.69, 9.17) is 16.3 Å². The Morgan fingerprint density at radius 1 is 1.14 bits per heavy atom. The molecular formula is C21H15ClF5N3O6S. The van der Waals surface area contributed by atoms with Crippen molar-refractivity contribution in [3.05, 3.63) is 64.1 Å². The van der Waals surface area contributed by atoms with E-state index in [1.165, 1.54) is 0 Å². The van der Waals surface area contributed by atoms with Gasteiger partial charge >= 0.3 is 12.1 Å². The summed E-state index contributed by atoms with van der Waals surface area (Å²) in [6.07, 6.45) is -4.44. The number of carbonyl (C=O) groups is 1. The number of aliphatic hydroxyl groups is 1. The summed E-state index contributed by atoms with van der Waals surface area (Å²) in [6.45, 7) is -0.915. The third-order valence-electron chi connectivity index (χ3n) is 4.77. The van der Waals surface area contributed by atoms with Crippen molar-refractivity contribution < 1.29 is 49.7 Å². The number of benzene rings is 2. The number of esters is 1. The minimum atomic E-state index is -5.04. The minimum Gasteiger partial charge on any atom is -0.494 e. The smallest absolute Gasteiger partial charge is 0.451 e. The molecule has 37 heavy (non-hydrogen) atoms. The summed E-state index contributed by atoms with van der Waals surface area (Å²) in [4.78, 5) is 17.5. The van der Waals surface area contributed by atoms with Crippen molar-refractivity contribution in [3.8, 4) is 17.0 Å². The van der Waals surface area contributed by atoms with E-state index >= 15 is 0 Å². The molecule has 3 aromatic rings. The molecule has 9 nitrogen and oxygen atoms in total. The van der Waals surface area contributed by atoms with Gasteiger partial charge in [0, 0.05) is 23.4 Å². The zero-order chi connectivity index (χ0) is 27.7. The SMILES string of the molecule is COC(=O)c1cc(Cl)c(OC)c(S(=O)(=O)Nc2cc(-c3nc(C(F)(F)F)ncc3CO)c(F)cc2F)c1. The van der Waals surface area contributed by atoms with Crippen LogP contribution in [0.15, 0.2) is 35.4 Å². The van der Waals surface area contributed by atoms with Gasteiger partial charge in [-0.1, -0.05) is 11.6 Å². The molecule has 1 heterocycles. The van der Waals surface area contributed by atoms with E-state index in [1.807, 2.05) is 4.72 Å². The average molecular weight is 568 g/mol. The highest BCUT2D eigenvalue weighted by Crippen LogP contribution is 2.37. The first-order chi connectivity index (χ1) is 17.2. The Balaban J connectivity index is 2.18. The first-order valence-corrected chi connectivity index (χ1v) is 11.6. The van der Waals surface area contributed by atoms with Crippen LogP contribution in [0.5, 0.6) is 5.75 Å². The van der Waals surface area contributed by atoms with Crippen molar-refractivity contribution in [3.63, 3.8) is 0 Å². The molecule has 3 rings (SSSR count). The van der Waals surface area contributed by atoms with Crippen molar-refractivity contribution in [2.24, 2.45) is 0 Å². The van der Waals surface area contributed by atoms with Crippen LogP contribution < -0.4 is 9.46 Å². The van der Waals surface area contributed by atoms with Gasteiger partial charge in [-0.3, -0.25) is 4.72 Å². The zero-order valence-corrected chi connectivity index (χ0v) is 20.2. The molecule has 1 aromatic heterocycles. The van der Waals surface area contributed by atoms with Crippen molar-refractivity contribution in [2.45, 2.75) is 17.7 Å². The largest absolute Gasteiger partial charge is 0.494 e. The summed E-state index contributed by atoms with van der Waals surface area (Å²) in [5, 5.41) is 9.14. The molecule has 2 aromatic carbocycles. The average Bonchev–Trinajstić information content (AvgIpc) is 2.83. The second-order valence-corrected chi connectivity index (χ2v) is 9.18. The molecule has 0 aliphatic rings. The molecule has 0 amide bonds. The maximum Gasteiger partial charge on any atom is 0.451 e. The molecule has 2 N–H and O–H groups in total. The van der Waals surface area contributed by atoms with Gasteiger partial charge in [0.1, 0.15) is 16.5 Å². The van der Waals surface area contributed by atoms with Gasteiger partial charge < -0.3 is 14.6 Å². The quantitative estimate of drug-likeness (QED) is 0.321. The summed E-state index contributed by atoms with van der Waals surface area (Å²) < 4.78 is 106. The summed E-state index contributed by atoms with van der Waals surface area (Å²) in [6, 6.07) is 2.64. The number of methoxy groups -OCH3 is 2. The molecule has 0 fully saturated rings. The first-order valence-electron chi connectivity index (χ1n) is 9.75. The molecule has 0 atom stereocenters. The van der Waals surface area contributed by atoms with Crippen molar-refractivity contribution in [1.29, 1.82) is 0 Å². The van der Waals surface area contributed by atoms with Crippen molar-refractivity contribution in [1.82, 2.24) is 9.97 Å². The Hall–Kier alpha value is -3.56. The molecule has 0 aliphatic heterocycles. The summed E-state index contributed by atoms with van der Waals surface area (Å²) in [5.74, 6) is -5.93. The topological polar surface area (TPSA) is 128 Å². The van der Waals surface area contributed by atoms with Gasteiger partial charge in [0.15, 0.2) is 5.75 Å². The lowest BCUT2D eigenvalue weighted by Crippen LogP contribution is -2.17. The Morgan fingerprint density at radius 3 is 2.38 bits per heavy atom. The lowest BCUT2D eigenvalue weighted by molar-refractivity contribution is -0.144. The first kappa shape index (κ1) is 28.0. The molecule has 0 spiro atoms. The van der Waals surface area contributed by atoms with Crippen LogP contribution in [0.1, 0.15) is 21.7 Å². The Morgan fingerprint density at radius 2 is 1.81 bits per heavy atom. The van der Waals surface area contributed by atoms with Crippen molar-refractivity contribution in [2.75, 3.05) is 18.9 Å². The molecular weight excluding hydrogens is 553 g/mol. The third-order valence-corrected chi connectivity index (χ3v) is 6.42. The van der Waals surface area contributed by atoms with Crippen LogP contribution in [-0.2, 0) is 27.5 Å². The number of aromatic nitrogens is 2. The number of nitrogens with one attached hydrogen (secondary N) is 1. The number of ether oxygens (including phenoxy) is 2. The van der Waals surface area contributed by atoms with Gasteiger partial charge in [-0.2, -0.15) is 13.2 Å². The Bertz CT molecular complexity index is 1480. The number of sulfonamides is 1. The molecule has 0 saturated carbocycles. The number of anilines is 1. The standard InChI is InChI=1S/C21H15ClF5N3O6S/c1-35-18-12(22)3-9(19(32)36-2)4-16(18)37(33,34)30-15-5-11(13(23)6-14(15)24)17-10(8-31)7-28-20(29-17)21(25,26)27/h3-7,30-31H,8H2,1-2H3. The number of aliphatic hydroxyl groups excluding tert-OH is 1. The summed E-state index contributed by atoms with van der Waals surface area (Å²) >= 11 is 6.01. The Kier molecular flexibility index (Phi) is 7.90. The number of alkyl halides is 3. The van der Waals surface area contributed by atoms with Crippen LogP contribution in [-0.4, -0.2) is 43.7 Å². The van der Waals surface area contributed by atoms with E-state index < -0.39 is 73.8 Å². The minimum absolute atomic E-state index is 0.207. The van der Waals surface area contributed by atoms with Gasteiger partial charge in [-0.05, 0) is 18.2 Å². The maximum atomic E-state index is 14.6. The fourth-order valence-corrected chi connectivity index (χ4v) is 4.73. The molecule has 0 saturated heterocycles. The van der Waals surface area contributed by atoms with Gasteiger partial charge in [0.2, 0.25) is 5.82 Å². The fraction of sp³-hybridized carbons (Fsp3) is 0.190. The van der Waals surface area contributed by atoms with E-state index in [0.29, 0.717) is 12.3 Å². The number of halogens is 6. The van der Waals surface area contributed by atoms with Crippen LogP contribution in [0.3, 0.4) is 0 Å². The van der Waals surface area contributed by atoms with Crippen LogP contribution >= 0.6 is 11.6 Å². The predicted molar refractivity (Wildman–Crippen MR) is 118 cm³/mol. The third kappa shape index (κ3) is 5.73. The van der Waals surface area contributed by atoms with Gasteiger partial charge in [-0.15, -0.1) is 0 Å². The Labute approximate surface area is 210 Å². The predicted octanol–water partition coefficient (Wildman–Crippen LogP) is 4.18. The lowest BCUT2D eigenvalue weighted by atomic mass is 10.1. The van der Waals surface area contributed by atoms with E-state index in [1.54, 1.807) is 0 Å². The number of rotatable bonds is 7.